The van der Waals surface area contributed by atoms with Gasteiger partial charge in [-0.05, 0) is 19.9 Å². The van der Waals surface area contributed by atoms with Gasteiger partial charge < -0.3 is 15.0 Å². The maximum atomic E-state index is 11.5. The first-order chi connectivity index (χ1) is 5.93. The third-order valence-corrected chi connectivity index (χ3v) is 1.80. The van der Waals surface area contributed by atoms with Crippen LogP contribution in [-0.2, 0) is 4.79 Å². The number of nitrogens with one attached hydrogen (secondary N) is 1. The minimum absolute atomic E-state index is 0.327. The van der Waals surface area contributed by atoms with Crippen LogP contribution in [0.15, 0.2) is 18.5 Å². The third-order valence-electron chi connectivity index (χ3n) is 1.80. The number of H-pyrrole nitrogens is 1. The number of likely N-dealkylation sites (N-methyl/N-ethyl adjacent to an activating group) is 1. The minimum Gasteiger partial charge on any atom is -0.381 e. The Balaban J connectivity index is 2.81. The second-order valence-corrected chi connectivity index (χ2v) is 3.49. The fourth-order valence-electron chi connectivity index (χ4n) is 1.05. The van der Waals surface area contributed by atoms with E-state index >= 15 is 0 Å². The first-order valence-corrected chi connectivity index (χ1v) is 4.06. The lowest BCUT2D eigenvalue weighted by Crippen LogP contribution is -2.43. The standard InChI is InChI=1S/C9H14N2O2/c1-9(2,13)8(12)11(3)7-4-5-10-6-7/h4-6,10,13H,1-3H3. The molecule has 1 aromatic rings. The van der Waals surface area contributed by atoms with Crippen LogP contribution in [-0.4, -0.2) is 28.6 Å². The van der Waals surface area contributed by atoms with Crippen LogP contribution >= 0.6 is 0 Å². The Morgan fingerprint density at radius 1 is 1.62 bits per heavy atom. The van der Waals surface area contributed by atoms with Crippen molar-refractivity contribution in [2.24, 2.45) is 0 Å². The molecule has 0 saturated carbocycles. The molecule has 1 amide bonds. The van der Waals surface area contributed by atoms with Gasteiger partial charge in [-0.3, -0.25) is 4.79 Å². The summed E-state index contributed by atoms with van der Waals surface area (Å²) in [4.78, 5) is 15.8. The number of carbonyl (C=O) groups excluding carboxylic acids is 1. The van der Waals surface area contributed by atoms with Gasteiger partial charge in [0.2, 0.25) is 0 Å². The van der Waals surface area contributed by atoms with Gasteiger partial charge in [0.25, 0.3) is 5.91 Å². The first kappa shape index (κ1) is 9.80. The number of hydrogen-bond acceptors (Lipinski definition) is 2. The number of aromatic nitrogens is 1. The Morgan fingerprint density at radius 3 is 2.62 bits per heavy atom. The van der Waals surface area contributed by atoms with Gasteiger partial charge in [-0.1, -0.05) is 0 Å². The molecule has 0 fully saturated rings. The van der Waals surface area contributed by atoms with Gasteiger partial charge in [0, 0.05) is 19.4 Å². The Morgan fingerprint density at radius 2 is 2.23 bits per heavy atom. The highest BCUT2D eigenvalue weighted by atomic mass is 16.3. The molecule has 4 heteroatoms. The smallest absolute Gasteiger partial charge is 0.258 e. The molecule has 2 N–H and O–H groups in total. The molecule has 0 radical (unpaired) electrons. The van der Waals surface area contributed by atoms with Crippen molar-refractivity contribution < 1.29 is 9.90 Å². The number of nitrogens with zero attached hydrogens (tertiary/aromatic N) is 1. The van der Waals surface area contributed by atoms with Crippen LogP contribution in [0.5, 0.6) is 0 Å². The highest BCUT2D eigenvalue weighted by Crippen LogP contribution is 2.15. The molecule has 0 unspecified atom stereocenters. The molecule has 0 aliphatic heterocycles. The van der Waals surface area contributed by atoms with E-state index in [4.69, 9.17) is 0 Å². The predicted molar refractivity (Wildman–Crippen MR) is 50.5 cm³/mol. The maximum Gasteiger partial charge on any atom is 0.258 e. The molecule has 0 aliphatic carbocycles. The Hall–Kier alpha value is -1.29. The number of amides is 1. The lowest BCUT2D eigenvalue weighted by Gasteiger charge is -2.23. The summed E-state index contributed by atoms with van der Waals surface area (Å²) in [6.07, 6.45) is 3.42. The summed E-state index contributed by atoms with van der Waals surface area (Å²) in [7, 11) is 1.63. The van der Waals surface area contributed by atoms with E-state index in [-0.39, 0.29) is 5.91 Å². The van der Waals surface area contributed by atoms with Gasteiger partial charge in [0.05, 0.1) is 5.69 Å². The summed E-state index contributed by atoms with van der Waals surface area (Å²) < 4.78 is 0. The molecule has 72 valence electrons. The van der Waals surface area contributed by atoms with Crippen LogP contribution in [0, 0.1) is 0 Å². The molecule has 0 spiro atoms. The zero-order chi connectivity index (χ0) is 10.1. The van der Waals surface area contributed by atoms with Gasteiger partial charge in [0.1, 0.15) is 5.60 Å². The second kappa shape index (κ2) is 3.22. The van der Waals surface area contributed by atoms with E-state index in [9.17, 15) is 9.90 Å². The summed E-state index contributed by atoms with van der Waals surface area (Å²) in [6.45, 7) is 2.94. The highest BCUT2D eigenvalue weighted by Gasteiger charge is 2.27. The fraction of sp³-hybridized carbons (Fsp3) is 0.444. The summed E-state index contributed by atoms with van der Waals surface area (Å²) in [5.74, 6) is -0.327. The number of aliphatic hydroxyl groups is 1. The van der Waals surface area contributed by atoms with E-state index in [2.05, 4.69) is 4.98 Å². The van der Waals surface area contributed by atoms with Crippen LogP contribution in [0.3, 0.4) is 0 Å². The molecule has 1 heterocycles. The van der Waals surface area contributed by atoms with Crippen molar-refractivity contribution in [3.05, 3.63) is 18.5 Å². The number of carbonyl (C=O) groups is 1. The van der Waals surface area contributed by atoms with Crippen LogP contribution in [0.1, 0.15) is 13.8 Å². The van der Waals surface area contributed by atoms with E-state index in [1.54, 1.807) is 25.5 Å². The largest absolute Gasteiger partial charge is 0.381 e. The summed E-state index contributed by atoms with van der Waals surface area (Å²) in [5.41, 5.74) is -0.585. The fourth-order valence-corrected chi connectivity index (χ4v) is 1.05. The molecule has 13 heavy (non-hydrogen) atoms. The van der Waals surface area contributed by atoms with Gasteiger partial charge in [-0.15, -0.1) is 0 Å². The molecule has 0 bridgehead atoms. The molecule has 0 saturated heterocycles. The molecule has 1 rings (SSSR count). The lowest BCUT2D eigenvalue weighted by atomic mass is 10.1. The Bertz CT molecular complexity index is 285. The molecule has 1 aromatic heterocycles. The minimum atomic E-state index is -1.33. The van der Waals surface area contributed by atoms with Crippen LogP contribution < -0.4 is 4.90 Å². The van der Waals surface area contributed by atoms with Gasteiger partial charge >= 0.3 is 0 Å². The van der Waals surface area contributed by atoms with E-state index in [1.165, 1.54) is 18.7 Å². The lowest BCUT2D eigenvalue weighted by molar-refractivity contribution is -0.133. The van der Waals surface area contributed by atoms with Crippen LogP contribution in [0.4, 0.5) is 5.69 Å². The zero-order valence-corrected chi connectivity index (χ0v) is 8.03. The first-order valence-electron chi connectivity index (χ1n) is 4.06. The van der Waals surface area contributed by atoms with E-state index < -0.39 is 5.60 Å². The maximum absolute atomic E-state index is 11.5. The molecule has 0 aliphatic rings. The average molecular weight is 182 g/mol. The van der Waals surface area contributed by atoms with Crippen LogP contribution in [0.2, 0.25) is 0 Å². The second-order valence-electron chi connectivity index (χ2n) is 3.49. The highest BCUT2D eigenvalue weighted by molar-refractivity contribution is 5.98. The zero-order valence-electron chi connectivity index (χ0n) is 8.03. The molecule has 0 atom stereocenters. The molecule has 0 aromatic carbocycles. The van der Waals surface area contributed by atoms with Gasteiger partial charge in [-0.2, -0.15) is 0 Å². The number of hydrogen-bond donors (Lipinski definition) is 2. The van der Waals surface area contributed by atoms with Crippen LogP contribution in [0.25, 0.3) is 0 Å². The normalized spacial score (nSPS) is 11.4. The average Bonchev–Trinajstić information content (AvgIpc) is 2.51. The predicted octanol–water partition coefficient (Wildman–Crippen LogP) is 0.748. The quantitative estimate of drug-likeness (QED) is 0.709. The van der Waals surface area contributed by atoms with Crippen molar-refractivity contribution in [2.75, 3.05) is 11.9 Å². The SMILES string of the molecule is CN(C(=O)C(C)(C)O)c1cc[nH]c1. The van der Waals surface area contributed by atoms with Crippen molar-refractivity contribution in [1.82, 2.24) is 4.98 Å². The van der Waals surface area contributed by atoms with Crippen molar-refractivity contribution in [3.8, 4) is 0 Å². The van der Waals surface area contributed by atoms with Gasteiger partial charge in [-0.25, -0.2) is 0 Å². The summed E-state index contributed by atoms with van der Waals surface area (Å²) >= 11 is 0. The number of aromatic amines is 1. The molecular formula is C9H14N2O2. The monoisotopic (exact) mass is 182 g/mol. The van der Waals surface area contributed by atoms with Crippen molar-refractivity contribution >= 4 is 11.6 Å². The topological polar surface area (TPSA) is 56.3 Å². The number of rotatable bonds is 2. The molecule has 4 nitrogen and oxygen atoms in total. The van der Waals surface area contributed by atoms with Crippen molar-refractivity contribution in [3.63, 3.8) is 0 Å². The van der Waals surface area contributed by atoms with E-state index in [0.717, 1.165) is 5.69 Å². The number of anilines is 1. The van der Waals surface area contributed by atoms with Crippen molar-refractivity contribution in [1.29, 1.82) is 0 Å². The third kappa shape index (κ3) is 2.09. The van der Waals surface area contributed by atoms with E-state index in [0.29, 0.717) is 0 Å². The summed E-state index contributed by atoms with van der Waals surface area (Å²) in [6, 6.07) is 1.77. The summed E-state index contributed by atoms with van der Waals surface area (Å²) in [5, 5.41) is 9.45. The Labute approximate surface area is 77.2 Å². The van der Waals surface area contributed by atoms with Crippen molar-refractivity contribution in [2.45, 2.75) is 19.4 Å². The molecular weight excluding hydrogens is 168 g/mol. The Kier molecular flexibility index (Phi) is 2.43. The van der Waals surface area contributed by atoms with E-state index in [1.807, 2.05) is 0 Å². The van der Waals surface area contributed by atoms with Gasteiger partial charge in [0.15, 0.2) is 0 Å².